The maximum atomic E-state index is 10.0. The van der Waals surface area contributed by atoms with Crippen molar-refractivity contribution < 1.29 is 9.84 Å². The summed E-state index contributed by atoms with van der Waals surface area (Å²) in [6.07, 6.45) is 6.57. The Morgan fingerprint density at radius 3 is 2.71 bits per heavy atom. The van der Waals surface area contributed by atoms with Gasteiger partial charge in [0.1, 0.15) is 7.28 Å². The smallest absolute Gasteiger partial charge is 0.152 e. The lowest BCUT2D eigenvalue weighted by Crippen LogP contribution is -2.35. The molecule has 1 heterocycles. The zero-order valence-electron chi connectivity index (χ0n) is 9.04. The molecule has 1 spiro atoms. The van der Waals surface area contributed by atoms with E-state index in [1.165, 1.54) is 19.3 Å². The van der Waals surface area contributed by atoms with E-state index < -0.39 is 6.29 Å². The molecule has 2 nitrogen and oxygen atoms in total. The summed E-state index contributed by atoms with van der Waals surface area (Å²) in [6, 6.07) is 0. The van der Waals surface area contributed by atoms with Crippen molar-refractivity contribution in [3.63, 3.8) is 0 Å². The molecule has 14 heavy (non-hydrogen) atoms. The van der Waals surface area contributed by atoms with Crippen molar-refractivity contribution in [2.75, 3.05) is 6.61 Å². The standard InChI is InChI=1S/C11H20BO2/c1-9-7-12-11(10(13)14-8-9)5-3-2-4-6-11/h9-10,13H,2-8H2,1H3. The zero-order valence-corrected chi connectivity index (χ0v) is 9.04. The quantitative estimate of drug-likeness (QED) is 0.600. The lowest BCUT2D eigenvalue weighted by atomic mass is 9.44. The van der Waals surface area contributed by atoms with Gasteiger partial charge in [-0.15, -0.1) is 0 Å². The number of rotatable bonds is 0. The highest BCUT2D eigenvalue weighted by molar-refractivity contribution is 6.40. The van der Waals surface area contributed by atoms with Gasteiger partial charge in [-0.2, -0.15) is 0 Å². The van der Waals surface area contributed by atoms with E-state index in [4.69, 9.17) is 4.74 Å². The van der Waals surface area contributed by atoms with Crippen molar-refractivity contribution in [3.05, 3.63) is 0 Å². The minimum atomic E-state index is -0.548. The molecule has 1 aliphatic carbocycles. The van der Waals surface area contributed by atoms with E-state index >= 15 is 0 Å². The fourth-order valence-electron chi connectivity index (χ4n) is 2.69. The van der Waals surface area contributed by atoms with Crippen LogP contribution in [0, 0.1) is 5.92 Å². The third-order valence-electron chi connectivity index (χ3n) is 3.74. The monoisotopic (exact) mass is 195 g/mol. The molecule has 0 amide bonds. The molecule has 3 heteroatoms. The highest BCUT2D eigenvalue weighted by Crippen LogP contribution is 2.47. The van der Waals surface area contributed by atoms with Crippen molar-refractivity contribution in [3.8, 4) is 0 Å². The van der Waals surface area contributed by atoms with Crippen LogP contribution in [0.15, 0.2) is 0 Å². The molecule has 2 rings (SSSR count). The second-order valence-corrected chi connectivity index (χ2v) is 5.02. The summed E-state index contributed by atoms with van der Waals surface area (Å²) in [5.41, 5.74) is 0. The summed E-state index contributed by atoms with van der Waals surface area (Å²) in [6.45, 7) is 2.89. The van der Waals surface area contributed by atoms with Gasteiger partial charge >= 0.3 is 0 Å². The summed E-state index contributed by atoms with van der Waals surface area (Å²) in [4.78, 5) is 0. The Kier molecular flexibility index (Phi) is 3.18. The van der Waals surface area contributed by atoms with Crippen LogP contribution in [-0.4, -0.2) is 25.3 Å². The number of aliphatic hydroxyl groups excluding tert-OH is 1. The van der Waals surface area contributed by atoms with E-state index in [0.29, 0.717) is 12.5 Å². The topological polar surface area (TPSA) is 29.5 Å². The van der Waals surface area contributed by atoms with Crippen LogP contribution in [0.3, 0.4) is 0 Å². The van der Waals surface area contributed by atoms with E-state index in [9.17, 15) is 5.11 Å². The van der Waals surface area contributed by atoms with Gasteiger partial charge in [-0.3, -0.25) is 0 Å². The van der Waals surface area contributed by atoms with Gasteiger partial charge in [0.15, 0.2) is 6.29 Å². The molecule has 79 valence electrons. The van der Waals surface area contributed by atoms with Crippen LogP contribution in [0.1, 0.15) is 39.0 Å². The van der Waals surface area contributed by atoms with Crippen LogP contribution in [0.2, 0.25) is 11.6 Å². The van der Waals surface area contributed by atoms with Gasteiger partial charge in [-0.05, 0) is 11.2 Å². The molecule has 0 aromatic rings. The molecule has 1 saturated carbocycles. The molecule has 2 fully saturated rings. The Labute approximate surface area is 87.3 Å². The van der Waals surface area contributed by atoms with Crippen LogP contribution < -0.4 is 0 Å². The fourth-order valence-corrected chi connectivity index (χ4v) is 2.69. The minimum absolute atomic E-state index is 0.0109. The molecule has 2 atom stereocenters. The van der Waals surface area contributed by atoms with Gasteiger partial charge in [0, 0.05) is 0 Å². The lowest BCUT2D eigenvalue weighted by molar-refractivity contribution is -0.136. The summed E-state index contributed by atoms with van der Waals surface area (Å²) >= 11 is 0. The van der Waals surface area contributed by atoms with Crippen molar-refractivity contribution in [1.82, 2.24) is 0 Å². The van der Waals surface area contributed by atoms with E-state index in [1.54, 1.807) is 0 Å². The molecule has 0 bridgehead atoms. The molecule has 2 unspecified atom stereocenters. The molecular formula is C11H20BO2. The minimum Gasteiger partial charge on any atom is -0.368 e. The van der Waals surface area contributed by atoms with Gasteiger partial charge in [-0.25, -0.2) is 0 Å². The maximum Gasteiger partial charge on any atom is 0.152 e. The molecule has 1 saturated heterocycles. The zero-order chi connectivity index (χ0) is 10.0. The lowest BCUT2D eigenvalue weighted by Gasteiger charge is -2.39. The maximum absolute atomic E-state index is 10.0. The summed E-state index contributed by atoms with van der Waals surface area (Å²) < 4.78 is 5.53. The predicted octanol–water partition coefficient (Wildman–Crippen LogP) is 2.22. The first-order valence-corrected chi connectivity index (χ1v) is 5.87. The van der Waals surface area contributed by atoms with Gasteiger partial charge in [-0.1, -0.05) is 45.3 Å². The Morgan fingerprint density at radius 1 is 1.29 bits per heavy atom. The van der Waals surface area contributed by atoms with Gasteiger partial charge in [0.25, 0.3) is 0 Å². The third-order valence-corrected chi connectivity index (χ3v) is 3.74. The van der Waals surface area contributed by atoms with Crippen LogP contribution in [0.5, 0.6) is 0 Å². The Bertz CT molecular complexity index is 190. The largest absolute Gasteiger partial charge is 0.368 e. The molecule has 0 aromatic carbocycles. The van der Waals surface area contributed by atoms with Crippen molar-refractivity contribution >= 4 is 7.28 Å². The molecule has 0 aromatic heterocycles. The van der Waals surface area contributed by atoms with Gasteiger partial charge in [0.2, 0.25) is 0 Å². The number of hydrogen-bond acceptors (Lipinski definition) is 2. The first-order valence-electron chi connectivity index (χ1n) is 5.87. The average Bonchev–Trinajstić information content (AvgIpc) is 2.35. The van der Waals surface area contributed by atoms with Crippen LogP contribution in [0.4, 0.5) is 0 Å². The molecular weight excluding hydrogens is 175 g/mol. The second kappa shape index (κ2) is 4.24. The fraction of sp³-hybridized carbons (Fsp3) is 1.00. The Balaban J connectivity index is 2.06. The molecule has 2 aliphatic rings. The molecule has 1 N–H and O–H groups in total. The summed E-state index contributed by atoms with van der Waals surface area (Å²) in [7, 11) is 2.34. The number of aliphatic hydroxyl groups is 1. The highest BCUT2D eigenvalue weighted by Gasteiger charge is 2.41. The second-order valence-electron chi connectivity index (χ2n) is 5.02. The average molecular weight is 195 g/mol. The van der Waals surface area contributed by atoms with Crippen LogP contribution >= 0.6 is 0 Å². The SMILES string of the molecule is CC1C[B]C2(CCCCC2)C(O)OC1. The predicted molar refractivity (Wildman–Crippen MR) is 57.5 cm³/mol. The molecule has 1 radical (unpaired) electrons. The normalized spacial score (nSPS) is 37.6. The first kappa shape index (κ1) is 10.5. The molecule has 1 aliphatic heterocycles. The van der Waals surface area contributed by atoms with Crippen LogP contribution in [0.25, 0.3) is 0 Å². The Morgan fingerprint density at radius 2 is 2.00 bits per heavy atom. The van der Waals surface area contributed by atoms with E-state index in [1.807, 2.05) is 0 Å². The third kappa shape index (κ3) is 1.99. The first-order chi connectivity index (χ1) is 6.73. The number of hydrogen-bond donors (Lipinski definition) is 1. The summed E-state index contributed by atoms with van der Waals surface area (Å²) in [5, 5.41) is 10.0. The van der Waals surface area contributed by atoms with Crippen LogP contribution in [-0.2, 0) is 4.74 Å². The van der Waals surface area contributed by atoms with Crippen molar-refractivity contribution in [1.29, 1.82) is 0 Å². The highest BCUT2D eigenvalue weighted by atomic mass is 16.6. The van der Waals surface area contributed by atoms with E-state index in [2.05, 4.69) is 14.2 Å². The van der Waals surface area contributed by atoms with E-state index in [-0.39, 0.29) is 5.31 Å². The van der Waals surface area contributed by atoms with Crippen molar-refractivity contribution in [2.45, 2.75) is 57.0 Å². The van der Waals surface area contributed by atoms with Crippen molar-refractivity contribution in [2.24, 2.45) is 5.92 Å². The van der Waals surface area contributed by atoms with E-state index in [0.717, 1.165) is 19.2 Å². The van der Waals surface area contributed by atoms with Gasteiger partial charge in [0.05, 0.1) is 6.61 Å². The van der Waals surface area contributed by atoms with Gasteiger partial charge < -0.3 is 9.84 Å². The summed E-state index contributed by atoms with van der Waals surface area (Å²) in [5.74, 6) is 0.561. The number of ether oxygens (including phenoxy) is 1. The Hall–Kier alpha value is -0.0151.